The van der Waals surface area contributed by atoms with Crippen LogP contribution in [0.5, 0.6) is 0 Å². The molecule has 0 aliphatic carbocycles. The Bertz CT molecular complexity index is 351. The van der Waals surface area contributed by atoms with Crippen LogP contribution in [0.1, 0.15) is 34.1 Å². The molecule has 19 heavy (non-hydrogen) atoms. The van der Waals surface area contributed by atoms with Gasteiger partial charge in [-0.05, 0) is 27.7 Å². The first kappa shape index (κ1) is 15.9. The van der Waals surface area contributed by atoms with Crippen LogP contribution in [0.3, 0.4) is 0 Å². The Labute approximate surface area is 113 Å². The maximum Gasteiger partial charge on any atom is 0.313 e. The molecule has 0 aromatic heterocycles. The molecule has 1 saturated heterocycles. The Hall–Kier alpha value is -1.14. The second kappa shape index (κ2) is 5.88. The smallest absolute Gasteiger partial charge is 0.313 e. The molecule has 6 nitrogen and oxygen atoms in total. The topological polar surface area (TPSA) is 87.7 Å². The van der Waals surface area contributed by atoms with Gasteiger partial charge in [0.1, 0.15) is 5.41 Å². The van der Waals surface area contributed by atoms with E-state index in [-0.39, 0.29) is 24.7 Å². The van der Waals surface area contributed by atoms with Crippen LogP contribution in [0.25, 0.3) is 0 Å². The van der Waals surface area contributed by atoms with Crippen LogP contribution in [0, 0.1) is 5.41 Å². The summed E-state index contributed by atoms with van der Waals surface area (Å²) in [5.74, 6) is -1.09. The second-order valence-corrected chi connectivity index (χ2v) is 6.28. The molecular formula is C13H24N2O4. The van der Waals surface area contributed by atoms with E-state index >= 15 is 0 Å². The molecule has 110 valence electrons. The molecule has 0 saturated carbocycles. The third kappa shape index (κ3) is 4.47. The summed E-state index contributed by atoms with van der Waals surface area (Å²) in [6, 6.07) is -0.466. The van der Waals surface area contributed by atoms with Gasteiger partial charge in [0.25, 0.3) is 0 Å². The van der Waals surface area contributed by atoms with Gasteiger partial charge in [0.05, 0.1) is 19.3 Å². The highest BCUT2D eigenvalue weighted by molar-refractivity contribution is 5.80. The molecule has 1 fully saturated rings. The second-order valence-electron chi connectivity index (χ2n) is 6.28. The zero-order valence-corrected chi connectivity index (χ0v) is 12.1. The lowest BCUT2D eigenvalue weighted by atomic mass is 9.85. The first-order valence-electron chi connectivity index (χ1n) is 6.51. The van der Waals surface area contributed by atoms with Crippen molar-refractivity contribution >= 4 is 11.9 Å². The lowest BCUT2D eigenvalue weighted by Gasteiger charge is -2.26. The van der Waals surface area contributed by atoms with E-state index in [4.69, 9.17) is 4.74 Å². The van der Waals surface area contributed by atoms with Gasteiger partial charge in [0, 0.05) is 18.5 Å². The fourth-order valence-electron chi connectivity index (χ4n) is 1.90. The number of carbonyl (C=O) groups excluding carboxylic acids is 1. The molecule has 1 aliphatic heterocycles. The zero-order chi connectivity index (χ0) is 14.7. The molecule has 3 N–H and O–H groups in total. The van der Waals surface area contributed by atoms with E-state index in [2.05, 4.69) is 10.6 Å². The average Bonchev–Trinajstić information content (AvgIpc) is 2.59. The van der Waals surface area contributed by atoms with Gasteiger partial charge in [0.2, 0.25) is 5.91 Å². The third-order valence-electron chi connectivity index (χ3n) is 3.29. The number of rotatable bonds is 5. The van der Waals surface area contributed by atoms with Crippen LogP contribution in [0.15, 0.2) is 0 Å². The summed E-state index contributed by atoms with van der Waals surface area (Å²) in [4.78, 5) is 23.0. The Morgan fingerprint density at radius 2 is 2.05 bits per heavy atom. The van der Waals surface area contributed by atoms with E-state index in [1.165, 1.54) is 0 Å². The number of carbonyl (C=O) groups is 2. The summed E-state index contributed by atoms with van der Waals surface area (Å²) in [7, 11) is 0. The molecule has 0 aromatic carbocycles. The van der Waals surface area contributed by atoms with Crippen molar-refractivity contribution in [2.45, 2.75) is 45.7 Å². The standard InChI is InChI=1S/C13H24N2O4/c1-12(2,3)14-6-5-10(16)15-9-7-19-8-13(9,4)11(17)18/h9,14H,5-8H2,1-4H3,(H,15,16)(H,17,18). The fraction of sp³-hybridized carbons (Fsp3) is 0.846. The van der Waals surface area contributed by atoms with Gasteiger partial charge in [0.15, 0.2) is 0 Å². The van der Waals surface area contributed by atoms with Gasteiger partial charge >= 0.3 is 5.97 Å². The van der Waals surface area contributed by atoms with Gasteiger partial charge in [-0.15, -0.1) is 0 Å². The Kier molecular flexibility index (Phi) is 4.92. The summed E-state index contributed by atoms with van der Waals surface area (Å²) in [5.41, 5.74) is -1.07. The minimum absolute atomic E-state index is 0.0354. The number of amides is 1. The molecule has 2 unspecified atom stereocenters. The number of hydrogen-bond donors (Lipinski definition) is 3. The third-order valence-corrected chi connectivity index (χ3v) is 3.29. The molecule has 1 amide bonds. The van der Waals surface area contributed by atoms with Crippen molar-refractivity contribution in [2.24, 2.45) is 5.41 Å². The zero-order valence-electron chi connectivity index (χ0n) is 12.1. The first-order chi connectivity index (χ1) is 8.65. The van der Waals surface area contributed by atoms with E-state index in [1.807, 2.05) is 20.8 Å². The van der Waals surface area contributed by atoms with E-state index in [9.17, 15) is 14.7 Å². The van der Waals surface area contributed by atoms with Gasteiger partial charge in [-0.25, -0.2) is 0 Å². The van der Waals surface area contributed by atoms with E-state index in [1.54, 1.807) is 6.92 Å². The van der Waals surface area contributed by atoms with Crippen molar-refractivity contribution < 1.29 is 19.4 Å². The number of nitrogens with one attached hydrogen (secondary N) is 2. The molecule has 1 rings (SSSR count). The number of ether oxygens (including phenoxy) is 1. The normalized spacial score (nSPS) is 27.3. The molecule has 0 radical (unpaired) electrons. The van der Waals surface area contributed by atoms with Gasteiger partial charge < -0.3 is 20.5 Å². The average molecular weight is 272 g/mol. The van der Waals surface area contributed by atoms with Crippen molar-refractivity contribution in [3.63, 3.8) is 0 Å². The number of hydrogen-bond acceptors (Lipinski definition) is 4. The van der Waals surface area contributed by atoms with E-state index in [0.717, 1.165) is 0 Å². The minimum Gasteiger partial charge on any atom is -0.481 e. The van der Waals surface area contributed by atoms with Crippen LogP contribution >= 0.6 is 0 Å². The maximum absolute atomic E-state index is 11.8. The Morgan fingerprint density at radius 3 is 2.58 bits per heavy atom. The van der Waals surface area contributed by atoms with E-state index < -0.39 is 17.4 Å². The maximum atomic E-state index is 11.8. The predicted molar refractivity (Wildman–Crippen MR) is 70.9 cm³/mol. The van der Waals surface area contributed by atoms with Crippen LogP contribution in [-0.2, 0) is 14.3 Å². The summed E-state index contributed by atoms with van der Waals surface area (Å²) >= 11 is 0. The highest BCUT2D eigenvalue weighted by Gasteiger charge is 2.47. The number of aliphatic carboxylic acids is 1. The SMILES string of the molecule is CC(C)(C)NCCC(=O)NC1COCC1(C)C(=O)O. The van der Waals surface area contributed by atoms with Crippen molar-refractivity contribution in [3.8, 4) is 0 Å². The molecular weight excluding hydrogens is 248 g/mol. The predicted octanol–water partition coefficient (Wildman–Crippen LogP) is 0.371. The molecule has 2 atom stereocenters. The van der Waals surface area contributed by atoms with Crippen molar-refractivity contribution in [1.29, 1.82) is 0 Å². The van der Waals surface area contributed by atoms with Crippen molar-refractivity contribution in [2.75, 3.05) is 19.8 Å². The summed E-state index contributed by atoms with van der Waals surface area (Å²) in [6.45, 7) is 8.62. The Balaban J connectivity index is 2.42. The molecule has 1 heterocycles. The van der Waals surface area contributed by atoms with Gasteiger partial charge in [-0.3, -0.25) is 9.59 Å². The monoisotopic (exact) mass is 272 g/mol. The Morgan fingerprint density at radius 1 is 1.42 bits per heavy atom. The van der Waals surface area contributed by atoms with E-state index in [0.29, 0.717) is 13.0 Å². The fourth-order valence-corrected chi connectivity index (χ4v) is 1.90. The van der Waals surface area contributed by atoms with Crippen molar-refractivity contribution in [1.82, 2.24) is 10.6 Å². The van der Waals surface area contributed by atoms with Crippen LogP contribution in [0.2, 0.25) is 0 Å². The summed E-state index contributed by atoms with van der Waals surface area (Å²) in [5, 5.41) is 15.2. The highest BCUT2D eigenvalue weighted by Crippen LogP contribution is 2.28. The largest absolute Gasteiger partial charge is 0.481 e. The highest BCUT2D eigenvalue weighted by atomic mass is 16.5. The summed E-state index contributed by atoms with van der Waals surface area (Å²) < 4.78 is 5.18. The first-order valence-corrected chi connectivity index (χ1v) is 6.51. The molecule has 0 bridgehead atoms. The van der Waals surface area contributed by atoms with Crippen molar-refractivity contribution in [3.05, 3.63) is 0 Å². The quantitative estimate of drug-likeness (QED) is 0.673. The summed E-state index contributed by atoms with van der Waals surface area (Å²) in [6.07, 6.45) is 0.323. The molecule has 1 aliphatic rings. The van der Waals surface area contributed by atoms with Gasteiger partial charge in [-0.1, -0.05) is 0 Å². The van der Waals surface area contributed by atoms with Crippen LogP contribution in [-0.4, -0.2) is 48.3 Å². The lowest BCUT2D eigenvalue weighted by Crippen LogP contribution is -2.50. The minimum atomic E-state index is -1.03. The lowest BCUT2D eigenvalue weighted by molar-refractivity contribution is -0.149. The number of carboxylic acids is 1. The molecule has 0 spiro atoms. The van der Waals surface area contributed by atoms with Crippen LogP contribution in [0.4, 0.5) is 0 Å². The number of carboxylic acid groups (broad SMARTS) is 1. The molecule has 0 aromatic rings. The van der Waals surface area contributed by atoms with Crippen LogP contribution < -0.4 is 10.6 Å². The molecule has 6 heteroatoms. The van der Waals surface area contributed by atoms with Gasteiger partial charge in [-0.2, -0.15) is 0 Å².